The van der Waals surface area contributed by atoms with Crippen LogP contribution in [-0.2, 0) is 0 Å². The van der Waals surface area contributed by atoms with Gasteiger partial charge in [0.05, 0.1) is 29.0 Å². The van der Waals surface area contributed by atoms with Gasteiger partial charge in [-0.15, -0.1) is 0 Å². The first kappa shape index (κ1) is 10.1. The van der Waals surface area contributed by atoms with E-state index in [9.17, 15) is 0 Å². The summed E-state index contributed by atoms with van der Waals surface area (Å²) in [5, 5.41) is 3.23. The number of benzene rings is 1. The number of nitrogens with zero attached hydrogens (tertiary/aromatic N) is 2. The molecule has 0 radical (unpaired) electrons. The van der Waals surface area contributed by atoms with E-state index in [2.05, 4.69) is 22.2 Å². The zero-order valence-corrected chi connectivity index (χ0v) is 9.07. The minimum Gasteiger partial charge on any atom is -0.312 e. The Bertz CT molecular complexity index is 449. The van der Waals surface area contributed by atoms with Crippen LogP contribution < -0.4 is 5.32 Å². The lowest BCUT2D eigenvalue weighted by molar-refractivity contribution is 0.561. The molecule has 0 amide bonds. The summed E-state index contributed by atoms with van der Waals surface area (Å²) in [6.07, 6.45) is 2.87. The van der Waals surface area contributed by atoms with Crippen molar-refractivity contribution in [3.05, 3.63) is 36.2 Å². The SMILES string of the molecule is CCC(NC)c1cnc2ccccc2n1. The van der Waals surface area contributed by atoms with E-state index >= 15 is 0 Å². The second-order valence-electron chi connectivity index (χ2n) is 3.53. The van der Waals surface area contributed by atoms with Gasteiger partial charge in [0, 0.05) is 0 Å². The van der Waals surface area contributed by atoms with Crippen molar-refractivity contribution in [1.82, 2.24) is 15.3 Å². The molecular weight excluding hydrogens is 186 g/mol. The maximum Gasteiger partial charge on any atom is 0.0890 e. The van der Waals surface area contributed by atoms with Gasteiger partial charge in [0.25, 0.3) is 0 Å². The van der Waals surface area contributed by atoms with Gasteiger partial charge in [-0.3, -0.25) is 4.98 Å². The molecule has 0 aliphatic carbocycles. The van der Waals surface area contributed by atoms with Crippen molar-refractivity contribution in [3.8, 4) is 0 Å². The number of aromatic nitrogens is 2. The van der Waals surface area contributed by atoms with E-state index in [0.29, 0.717) is 6.04 Å². The Hall–Kier alpha value is -1.48. The predicted octanol–water partition coefficient (Wildman–Crippen LogP) is 2.30. The molecule has 0 spiro atoms. The lowest BCUT2D eigenvalue weighted by atomic mass is 10.1. The summed E-state index contributed by atoms with van der Waals surface area (Å²) in [6, 6.07) is 8.23. The number of rotatable bonds is 3. The van der Waals surface area contributed by atoms with Gasteiger partial charge < -0.3 is 5.32 Å². The van der Waals surface area contributed by atoms with Crippen LogP contribution in [0.2, 0.25) is 0 Å². The minimum atomic E-state index is 0.294. The van der Waals surface area contributed by atoms with Crippen LogP contribution in [0.3, 0.4) is 0 Å². The summed E-state index contributed by atoms with van der Waals surface area (Å²) in [6.45, 7) is 2.14. The zero-order chi connectivity index (χ0) is 10.7. The number of hydrogen-bond donors (Lipinski definition) is 1. The summed E-state index contributed by atoms with van der Waals surface area (Å²) in [5.41, 5.74) is 2.93. The molecular formula is C12H15N3. The van der Waals surface area contributed by atoms with Gasteiger partial charge in [-0.05, 0) is 25.6 Å². The first-order chi connectivity index (χ1) is 7.35. The molecule has 0 fully saturated rings. The van der Waals surface area contributed by atoms with E-state index in [1.165, 1.54) is 0 Å². The highest BCUT2D eigenvalue weighted by atomic mass is 14.9. The van der Waals surface area contributed by atoms with E-state index in [1.807, 2.05) is 37.5 Å². The number of fused-ring (bicyclic) bond motifs is 1. The molecule has 1 unspecified atom stereocenters. The van der Waals surface area contributed by atoms with Crippen molar-refractivity contribution >= 4 is 11.0 Å². The van der Waals surface area contributed by atoms with Crippen molar-refractivity contribution in [2.24, 2.45) is 0 Å². The second-order valence-corrected chi connectivity index (χ2v) is 3.53. The summed E-state index contributed by atoms with van der Waals surface area (Å²) in [4.78, 5) is 8.99. The number of para-hydroxylation sites is 2. The normalized spacial score (nSPS) is 12.9. The van der Waals surface area contributed by atoms with Crippen molar-refractivity contribution in [2.75, 3.05) is 7.05 Å². The molecule has 1 aromatic heterocycles. The largest absolute Gasteiger partial charge is 0.312 e. The summed E-state index contributed by atoms with van der Waals surface area (Å²) in [5.74, 6) is 0. The van der Waals surface area contributed by atoms with Gasteiger partial charge in [-0.2, -0.15) is 0 Å². The summed E-state index contributed by atoms with van der Waals surface area (Å²) < 4.78 is 0. The highest BCUT2D eigenvalue weighted by Gasteiger charge is 2.08. The van der Waals surface area contributed by atoms with Crippen LogP contribution in [0.15, 0.2) is 30.5 Å². The molecule has 0 bridgehead atoms. The van der Waals surface area contributed by atoms with Gasteiger partial charge in [-0.1, -0.05) is 19.1 Å². The minimum absolute atomic E-state index is 0.294. The quantitative estimate of drug-likeness (QED) is 0.828. The standard InChI is InChI=1S/C12H15N3/c1-3-9(13-2)12-8-14-10-6-4-5-7-11(10)15-12/h4-9,13H,3H2,1-2H3. The average molecular weight is 201 g/mol. The third kappa shape index (κ3) is 1.97. The van der Waals surface area contributed by atoms with Crippen molar-refractivity contribution in [2.45, 2.75) is 19.4 Å². The topological polar surface area (TPSA) is 37.8 Å². The lowest BCUT2D eigenvalue weighted by Gasteiger charge is -2.12. The lowest BCUT2D eigenvalue weighted by Crippen LogP contribution is -2.16. The highest BCUT2D eigenvalue weighted by Crippen LogP contribution is 2.15. The van der Waals surface area contributed by atoms with E-state index in [4.69, 9.17) is 0 Å². The molecule has 2 rings (SSSR count). The molecule has 1 heterocycles. The molecule has 0 saturated heterocycles. The fourth-order valence-electron chi connectivity index (χ4n) is 1.70. The van der Waals surface area contributed by atoms with E-state index in [1.54, 1.807) is 0 Å². The maximum absolute atomic E-state index is 4.59. The average Bonchev–Trinajstić information content (AvgIpc) is 2.30. The van der Waals surface area contributed by atoms with Crippen LogP contribution in [0.4, 0.5) is 0 Å². The fourth-order valence-corrected chi connectivity index (χ4v) is 1.70. The Morgan fingerprint density at radius 1 is 1.27 bits per heavy atom. The van der Waals surface area contributed by atoms with E-state index < -0.39 is 0 Å². The number of nitrogens with one attached hydrogen (secondary N) is 1. The molecule has 3 nitrogen and oxygen atoms in total. The second kappa shape index (κ2) is 4.36. The Morgan fingerprint density at radius 3 is 2.67 bits per heavy atom. The smallest absolute Gasteiger partial charge is 0.0890 e. The zero-order valence-electron chi connectivity index (χ0n) is 9.07. The van der Waals surface area contributed by atoms with Crippen LogP contribution in [0.1, 0.15) is 25.1 Å². The van der Waals surface area contributed by atoms with Crippen molar-refractivity contribution in [1.29, 1.82) is 0 Å². The van der Waals surface area contributed by atoms with Crippen LogP contribution >= 0.6 is 0 Å². The Balaban J connectivity index is 2.46. The molecule has 1 atom stereocenters. The van der Waals surface area contributed by atoms with Gasteiger partial charge in [-0.25, -0.2) is 4.98 Å². The van der Waals surface area contributed by atoms with Gasteiger partial charge in [0.1, 0.15) is 0 Å². The van der Waals surface area contributed by atoms with Crippen LogP contribution in [-0.4, -0.2) is 17.0 Å². The van der Waals surface area contributed by atoms with Gasteiger partial charge >= 0.3 is 0 Å². The third-order valence-corrected chi connectivity index (χ3v) is 2.58. The van der Waals surface area contributed by atoms with Crippen molar-refractivity contribution in [3.63, 3.8) is 0 Å². The molecule has 1 aromatic carbocycles. The molecule has 1 N–H and O–H groups in total. The molecule has 3 heteroatoms. The number of hydrogen-bond acceptors (Lipinski definition) is 3. The first-order valence-corrected chi connectivity index (χ1v) is 5.24. The highest BCUT2D eigenvalue weighted by molar-refractivity contribution is 5.73. The maximum atomic E-state index is 4.59. The Kier molecular flexibility index (Phi) is 2.92. The molecule has 0 aliphatic rings. The molecule has 0 aliphatic heterocycles. The monoisotopic (exact) mass is 201 g/mol. The summed E-state index contributed by atoms with van der Waals surface area (Å²) in [7, 11) is 1.95. The molecule has 15 heavy (non-hydrogen) atoms. The van der Waals surface area contributed by atoms with Gasteiger partial charge in [0.2, 0.25) is 0 Å². The van der Waals surface area contributed by atoms with Crippen LogP contribution in [0.25, 0.3) is 11.0 Å². The van der Waals surface area contributed by atoms with Crippen LogP contribution in [0, 0.1) is 0 Å². The fraction of sp³-hybridized carbons (Fsp3) is 0.333. The first-order valence-electron chi connectivity index (χ1n) is 5.24. The van der Waals surface area contributed by atoms with Gasteiger partial charge in [0.15, 0.2) is 0 Å². The van der Waals surface area contributed by atoms with Crippen LogP contribution in [0.5, 0.6) is 0 Å². The van der Waals surface area contributed by atoms with E-state index in [-0.39, 0.29) is 0 Å². The third-order valence-electron chi connectivity index (χ3n) is 2.58. The Morgan fingerprint density at radius 2 is 2.00 bits per heavy atom. The predicted molar refractivity (Wildman–Crippen MR) is 61.6 cm³/mol. The van der Waals surface area contributed by atoms with E-state index in [0.717, 1.165) is 23.1 Å². The van der Waals surface area contributed by atoms with Crippen molar-refractivity contribution < 1.29 is 0 Å². The molecule has 78 valence electrons. The Labute approximate surface area is 89.6 Å². The summed E-state index contributed by atoms with van der Waals surface area (Å²) >= 11 is 0. The molecule has 2 aromatic rings. The molecule has 0 saturated carbocycles.